The van der Waals surface area contributed by atoms with Gasteiger partial charge in [0, 0.05) is 16.9 Å². The highest BCUT2D eigenvalue weighted by Crippen LogP contribution is 2.30. The second-order valence-electron chi connectivity index (χ2n) is 5.51. The molecular weight excluding hydrogens is 354 g/mol. The van der Waals surface area contributed by atoms with Crippen molar-refractivity contribution in [3.8, 4) is 5.75 Å². The SMILES string of the molecule is COc1cc(Br)ccc1C(=O)NCC1CCCCC1CCl. The standard InChI is InChI=1S/C16H21BrClNO2/c1-21-15-8-13(17)6-7-14(15)16(20)19-10-12-5-3-2-4-11(12)9-18/h6-8,11-12H,2-5,9-10H2,1H3,(H,19,20). The van der Waals surface area contributed by atoms with E-state index in [2.05, 4.69) is 21.2 Å². The van der Waals surface area contributed by atoms with E-state index in [1.54, 1.807) is 19.2 Å². The average Bonchev–Trinajstić information content (AvgIpc) is 2.52. The van der Waals surface area contributed by atoms with E-state index in [-0.39, 0.29) is 5.91 Å². The maximum atomic E-state index is 12.3. The van der Waals surface area contributed by atoms with Gasteiger partial charge in [-0.05, 0) is 42.9 Å². The van der Waals surface area contributed by atoms with Crippen LogP contribution in [0.3, 0.4) is 0 Å². The molecule has 21 heavy (non-hydrogen) atoms. The zero-order valence-electron chi connectivity index (χ0n) is 12.2. The van der Waals surface area contributed by atoms with Gasteiger partial charge in [0.1, 0.15) is 5.75 Å². The molecule has 1 N–H and O–H groups in total. The first-order valence-electron chi connectivity index (χ1n) is 7.33. The van der Waals surface area contributed by atoms with Gasteiger partial charge in [-0.25, -0.2) is 0 Å². The minimum absolute atomic E-state index is 0.0850. The highest BCUT2D eigenvalue weighted by atomic mass is 79.9. The third-order valence-corrected chi connectivity index (χ3v) is 5.09. The van der Waals surface area contributed by atoms with Gasteiger partial charge in [-0.1, -0.05) is 28.8 Å². The molecule has 0 radical (unpaired) electrons. The Morgan fingerprint density at radius 3 is 2.76 bits per heavy atom. The summed E-state index contributed by atoms with van der Waals surface area (Å²) >= 11 is 9.41. The second-order valence-corrected chi connectivity index (χ2v) is 6.74. The third kappa shape index (κ3) is 4.36. The molecule has 0 saturated heterocycles. The largest absolute Gasteiger partial charge is 0.496 e. The van der Waals surface area contributed by atoms with Crippen molar-refractivity contribution in [1.82, 2.24) is 5.32 Å². The van der Waals surface area contributed by atoms with Crippen LogP contribution in [-0.2, 0) is 0 Å². The Morgan fingerprint density at radius 2 is 2.10 bits per heavy atom. The number of alkyl halides is 1. The van der Waals surface area contributed by atoms with Gasteiger partial charge in [-0.3, -0.25) is 4.79 Å². The highest BCUT2D eigenvalue weighted by molar-refractivity contribution is 9.10. The monoisotopic (exact) mass is 373 g/mol. The topological polar surface area (TPSA) is 38.3 Å². The minimum Gasteiger partial charge on any atom is -0.496 e. The first kappa shape index (κ1) is 16.6. The normalized spacial score (nSPS) is 21.9. The summed E-state index contributed by atoms with van der Waals surface area (Å²) in [7, 11) is 1.57. The lowest BCUT2D eigenvalue weighted by Crippen LogP contribution is -2.35. The number of carbonyl (C=O) groups is 1. The fraction of sp³-hybridized carbons (Fsp3) is 0.562. The maximum absolute atomic E-state index is 12.3. The zero-order chi connectivity index (χ0) is 15.2. The summed E-state index contributed by atoms with van der Waals surface area (Å²) in [5.74, 6) is 2.19. The van der Waals surface area contributed by atoms with Crippen LogP contribution in [0.1, 0.15) is 36.0 Å². The summed E-state index contributed by atoms with van der Waals surface area (Å²) in [5.41, 5.74) is 0.568. The van der Waals surface area contributed by atoms with E-state index in [4.69, 9.17) is 16.3 Å². The number of rotatable bonds is 5. The number of benzene rings is 1. The van der Waals surface area contributed by atoms with Crippen molar-refractivity contribution in [2.45, 2.75) is 25.7 Å². The number of carbonyl (C=O) groups excluding carboxylic acids is 1. The molecule has 5 heteroatoms. The third-order valence-electron chi connectivity index (χ3n) is 4.20. The van der Waals surface area contributed by atoms with E-state index >= 15 is 0 Å². The number of halogens is 2. The molecule has 0 aliphatic heterocycles. The van der Waals surface area contributed by atoms with Crippen LogP contribution in [0, 0.1) is 11.8 Å². The Morgan fingerprint density at radius 1 is 1.38 bits per heavy atom. The van der Waals surface area contributed by atoms with Crippen LogP contribution in [0.5, 0.6) is 5.75 Å². The van der Waals surface area contributed by atoms with Crippen molar-refractivity contribution >= 4 is 33.4 Å². The summed E-state index contributed by atoms with van der Waals surface area (Å²) in [5, 5.41) is 3.03. The summed E-state index contributed by atoms with van der Waals surface area (Å²) in [6.45, 7) is 0.690. The van der Waals surface area contributed by atoms with E-state index in [0.29, 0.717) is 35.6 Å². The lowest BCUT2D eigenvalue weighted by atomic mass is 9.80. The van der Waals surface area contributed by atoms with E-state index in [1.165, 1.54) is 19.3 Å². The number of ether oxygens (including phenoxy) is 1. The lowest BCUT2D eigenvalue weighted by molar-refractivity contribution is 0.0933. The smallest absolute Gasteiger partial charge is 0.255 e. The zero-order valence-corrected chi connectivity index (χ0v) is 14.5. The van der Waals surface area contributed by atoms with E-state index < -0.39 is 0 Å². The van der Waals surface area contributed by atoms with Crippen LogP contribution in [0.4, 0.5) is 0 Å². The molecule has 0 bridgehead atoms. The summed E-state index contributed by atoms with van der Waals surface area (Å²) in [6, 6.07) is 5.43. The molecule has 0 spiro atoms. The van der Waals surface area contributed by atoms with Crippen LogP contribution in [-0.4, -0.2) is 25.4 Å². The van der Waals surface area contributed by atoms with Crippen molar-refractivity contribution in [2.75, 3.05) is 19.5 Å². The number of hydrogen-bond acceptors (Lipinski definition) is 2. The summed E-state index contributed by atoms with van der Waals surface area (Å²) < 4.78 is 6.16. The van der Waals surface area contributed by atoms with Gasteiger partial charge in [-0.15, -0.1) is 11.6 Å². The van der Waals surface area contributed by atoms with Gasteiger partial charge in [0.05, 0.1) is 12.7 Å². The maximum Gasteiger partial charge on any atom is 0.255 e. The molecule has 1 aliphatic rings. The van der Waals surface area contributed by atoms with Crippen LogP contribution >= 0.6 is 27.5 Å². The van der Waals surface area contributed by atoms with Crippen molar-refractivity contribution in [3.63, 3.8) is 0 Å². The number of hydrogen-bond donors (Lipinski definition) is 1. The van der Waals surface area contributed by atoms with E-state index in [9.17, 15) is 4.79 Å². The molecule has 3 nitrogen and oxygen atoms in total. The van der Waals surface area contributed by atoms with Crippen molar-refractivity contribution in [1.29, 1.82) is 0 Å². The Hall–Kier alpha value is -0.740. The molecule has 2 unspecified atom stereocenters. The van der Waals surface area contributed by atoms with Crippen molar-refractivity contribution in [3.05, 3.63) is 28.2 Å². The molecular formula is C16H21BrClNO2. The van der Waals surface area contributed by atoms with Gasteiger partial charge in [0.25, 0.3) is 5.91 Å². The predicted molar refractivity (Wildman–Crippen MR) is 89.2 cm³/mol. The molecule has 2 rings (SSSR count). The first-order valence-corrected chi connectivity index (χ1v) is 8.66. The molecule has 1 aromatic rings. The van der Waals surface area contributed by atoms with Gasteiger partial charge in [-0.2, -0.15) is 0 Å². The molecule has 0 heterocycles. The van der Waals surface area contributed by atoms with E-state index in [0.717, 1.165) is 10.9 Å². The fourth-order valence-corrected chi connectivity index (χ4v) is 3.67. The minimum atomic E-state index is -0.0850. The van der Waals surface area contributed by atoms with Gasteiger partial charge in [0.15, 0.2) is 0 Å². The Labute approximate surface area is 139 Å². The molecule has 1 amide bonds. The molecule has 2 atom stereocenters. The summed E-state index contributed by atoms with van der Waals surface area (Å²) in [4.78, 5) is 12.3. The van der Waals surface area contributed by atoms with Crippen LogP contribution in [0.15, 0.2) is 22.7 Å². The number of methoxy groups -OCH3 is 1. The lowest BCUT2D eigenvalue weighted by Gasteiger charge is -2.30. The average molecular weight is 375 g/mol. The molecule has 1 aliphatic carbocycles. The van der Waals surface area contributed by atoms with Crippen molar-refractivity contribution in [2.24, 2.45) is 11.8 Å². The van der Waals surface area contributed by atoms with Gasteiger partial charge in [0.2, 0.25) is 0 Å². The van der Waals surface area contributed by atoms with Gasteiger partial charge < -0.3 is 10.1 Å². The molecule has 1 aromatic carbocycles. The highest BCUT2D eigenvalue weighted by Gasteiger charge is 2.25. The predicted octanol–water partition coefficient (Wildman–Crippen LogP) is 4.23. The van der Waals surface area contributed by atoms with E-state index in [1.807, 2.05) is 6.07 Å². The molecule has 116 valence electrons. The fourth-order valence-electron chi connectivity index (χ4n) is 2.93. The van der Waals surface area contributed by atoms with Gasteiger partial charge >= 0.3 is 0 Å². The Kier molecular flexibility index (Phi) is 6.37. The quantitative estimate of drug-likeness (QED) is 0.783. The Balaban J connectivity index is 1.98. The Bertz CT molecular complexity index is 495. The van der Waals surface area contributed by atoms with Crippen LogP contribution < -0.4 is 10.1 Å². The molecule has 0 aromatic heterocycles. The second kappa shape index (κ2) is 8.04. The van der Waals surface area contributed by atoms with Crippen LogP contribution in [0.25, 0.3) is 0 Å². The van der Waals surface area contributed by atoms with Crippen molar-refractivity contribution < 1.29 is 9.53 Å². The number of amides is 1. The number of nitrogens with one attached hydrogen (secondary N) is 1. The van der Waals surface area contributed by atoms with Crippen LogP contribution in [0.2, 0.25) is 0 Å². The molecule has 1 fully saturated rings. The summed E-state index contributed by atoms with van der Waals surface area (Å²) in [6.07, 6.45) is 4.80. The molecule has 1 saturated carbocycles. The first-order chi connectivity index (χ1) is 10.2.